The summed E-state index contributed by atoms with van der Waals surface area (Å²) >= 11 is 4.50. The zero-order valence-electron chi connectivity index (χ0n) is 11.9. The van der Waals surface area contributed by atoms with Crippen LogP contribution in [0.3, 0.4) is 0 Å². The van der Waals surface area contributed by atoms with E-state index in [9.17, 15) is 0 Å². The topological polar surface area (TPSA) is 23.8 Å². The van der Waals surface area contributed by atoms with Crippen LogP contribution < -0.4 is 0 Å². The Morgan fingerprint density at radius 3 is 1.41 bits per heavy atom. The average Bonchev–Trinajstić information content (AvgIpc) is 2.33. The van der Waals surface area contributed by atoms with E-state index in [1.54, 1.807) is 0 Å². The number of thiocyanates is 1. The molecule has 0 fully saturated rings. The molecular formula is C14H28NNaS. The fourth-order valence-corrected chi connectivity index (χ4v) is 2.41. The molecule has 1 nitrogen and oxygen atoms in total. The molecule has 0 saturated carbocycles. The summed E-state index contributed by atoms with van der Waals surface area (Å²) in [7, 11) is 0. The predicted octanol–water partition coefficient (Wildman–Crippen LogP) is 5.28. The van der Waals surface area contributed by atoms with Gasteiger partial charge in [0.2, 0.25) is 0 Å². The van der Waals surface area contributed by atoms with E-state index in [0.29, 0.717) is 0 Å². The number of nitrogens with zero attached hydrogens (tertiary/aromatic N) is 1. The average molecular weight is 265 g/mol. The summed E-state index contributed by atoms with van der Waals surface area (Å²) in [5.41, 5.74) is 0. The molecular weight excluding hydrogens is 237 g/mol. The maximum absolute atomic E-state index is 7.18. The van der Waals surface area contributed by atoms with Gasteiger partial charge in [-0.2, -0.15) is 5.26 Å². The maximum atomic E-state index is 7.18. The van der Waals surface area contributed by atoms with Crippen molar-refractivity contribution < 1.29 is 0 Å². The molecule has 0 heterocycles. The van der Waals surface area contributed by atoms with Crippen LogP contribution >= 0.6 is 12.6 Å². The molecule has 0 N–H and O–H groups in total. The van der Waals surface area contributed by atoms with E-state index in [4.69, 9.17) is 5.26 Å². The Balaban J connectivity index is 0. The molecule has 17 heavy (non-hydrogen) atoms. The van der Waals surface area contributed by atoms with Crippen molar-refractivity contribution in [3.8, 4) is 5.40 Å². The largest absolute Gasteiger partial charge is 0.185 e. The minimum atomic E-state index is 1.38. The van der Waals surface area contributed by atoms with Gasteiger partial charge in [-0.25, -0.2) is 0 Å². The third-order valence-corrected chi connectivity index (χ3v) is 3.66. The zero-order valence-corrected chi connectivity index (χ0v) is 14.8. The van der Waals surface area contributed by atoms with Crippen molar-refractivity contribution in [2.24, 2.45) is 0 Å². The van der Waals surface area contributed by atoms with Gasteiger partial charge in [0.05, 0.1) is 0 Å². The summed E-state index contributed by atoms with van der Waals surface area (Å²) in [5, 5.41) is 8.63. The Bertz CT molecular complexity index is 145. The SMILES string of the molecule is CCCCCCCCCCCC[CH2][Na].N#CS. The van der Waals surface area contributed by atoms with Crippen molar-refractivity contribution in [3.05, 3.63) is 0 Å². The first-order valence-electron chi connectivity index (χ1n) is 7.36. The predicted molar refractivity (Wildman–Crippen MR) is 81.6 cm³/mol. The molecule has 3 heteroatoms. The summed E-state index contributed by atoms with van der Waals surface area (Å²) in [6.07, 6.45) is 16.2. The van der Waals surface area contributed by atoms with Gasteiger partial charge in [0.1, 0.15) is 5.40 Å². The Morgan fingerprint density at radius 1 is 0.824 bits per heavy atom. The van der Waals surface area contributed by atoms with Crippen molar-refractivity contribution in [1.29, 1.82) is 5.26 Å². The molecule has 0 aliphatic heterocycles. The van der Waals surface area contributed by atoms with E-state index in [1.807, 2.05) is 0 Å². The first kappa shape index (κ1) is 20.2. The van der Waals surface area contributed by atoms with Gasteiger partial charge in [0, 0.05) is 0 Å². The van der Waals surface area contributed by atoms with Crippen LogP contribution in [-0.2, 0) is 0 Å². The molecule has 0 bridgehead atoms. The third kappa shape index (κ3) is 26.5. The van der Waals surface area contributed by atoms with Gasteiger partial charge >= 0.3 is 102 Å². The summed E-state index contributed by atoms with van der Waals surface area (Å²) in [6, 6.07) is 0. The Morgan fingerprint density at radius 2 is 1.12 bits per heavy atom. The van der Waals surface area contributed by atoms with Gasteiger partial charge in [-0.15, -0.1) is 0 Å². The van der Waals surface area contributed by atoms with Crippen molar-refractivity contribution in [2.75, 3.05) is 0 Å². The number of hydrogen-bond donors (Lipinski definition) is 1. The molecule has 0 rings (SSSR count). The van der Waals surface area contributed by atoms with Gasteiger partial charge in [-0.05, 0) is 0 Å². The summed E-state index contributed by atoms with van der Waals surface area (Å²) in [5.74, 6) is 0. The molecule has 0 aliphatic carbocycles. The summed E-state index contributed by atoms with van der Waals surface area (Å²) < 4.78 is 1.51. The van der Waals surface area contributed by atoms with Crippen molar-refractivity contribution in [2.45, 2.75) is 81.2 Å². The molecule has 96 valence electrons. The van der Waals surface area contributed by atoms with Crippen molar-refractivity contribution >= 4 is 40.6 Å². The standard InChI is InChI=1S/C13H27.CHNS.Na/c1-3-5-7-9-11-13-12-10-8-6-4-2;2-1-3;/h1,3-13H2,2H3;3H;. The molecule has 0 spiro atoms. The van der Waals surface area contributed by atoms with Crippen LogP contribution in [0, 0.1) is 10.7 Å². The maximum Gasteiger partial charge on any atom is 0.130 e. The number of hydrogen-bond acceptors (Lipinski definition) is 2. The summed E-state index contributed by atoms with van der Waals surface area (Å²) in [6.45, 7) is 2.29. The fraction of sp³-hybridized carbons (Fsp3) is 0.929. The quantitative estimate of drug-likeness (QED) is 0.233. The van der Waals surface area contributed by atoms with Gasteiger partial charge < -0.3 is 0 Å². The van der Waals surface area contributed by atoms with Crippen LogP contribution in [0.1, 0.15) is 77.6 Å². The number of nitriles is 1. The second-order valence-electron chi connectivity index (χ2n) is 4.64. The normalized spacial score (nSPS) is 9.35. The Labute approximate surface area is 132 Å². The van der Waals surface area contributed by atoms with E-state index < -0.39 is 0 Å². The minimum Gasteiger partial charge on any atom is -0.185 e. The number of rotatable bonds is 11. The van der Waals surface area contributed by atoms with E-state index >= 15 is 0 Å². The second-order valence-corrected chi connectivity index (χ2v) is 5.84. The van der Waals surface area contributed by atoms with Crippen molar-refractivity contribution in [1.82, 2.24) is 0 Å². The minimum absolute atomic E-state index is 1.38. The Kier molecular flexibility index (Phi) is 26.2. The molecule has 0 aliphatic rings. The van der Waals surface area contributed by atoms with Crippen LogP contribution in [0.5, 0.6) is 0 Å². The van der Waals surface area contributed by atoms with E-state index in [1.165, 1.54) is 108 Å². The smallest absolute Gasteiger partial charge is 0.130 e. The molecule has 0 aromatic heterocycles. The number of unbranched alkanes of at least 4 members (excludes halogenated alkanes) is 10. The van der Waals surface area contributed by atoms with Gasteiger partial charge in [-0.1, -0.05) is 19.6 Å². The molecule has 0 radical (unpaired) electrons. The number of thiol groups is 1. The molecule has 0 aromatic rings. The molecule has 0 aromatic carbocycles. The van der Waals surface area contributed by atoms with Gasteiger partial charge in [0.15, 0.2) is 0 Å². The first-order chi connectivity index (χ1) is 8.33. The van der Waals surface area contributed by atoms with Crippen LogP contribution in [0.4, 0.5) is 0 Å². The molecule has 0 atom stereocenters. The van der Waals surface area contributed by atoms with E-state index in [-0.39, 0.29) is 0 Å². The van der Waals surface area contributed by atoms with E-state index in [0.717, 1.165) is 0 Å². The second kappa shape index (κ2) is 22.1. The monoisotopic (exact) mass is 265 g/mol. The van der Waals surface area contributed by atoms with Crippen molar-refractivity contribution in [3.63, 3.8) is 0 Å². The van der Waals surface area contributed by atoms with Gasteiger partial charge in [-0.3, -0.25) is 0 Å². The fourth-order valence-electron chi connectivity index (χ4n) is 1.91. The van der Waals surface area contributed by atoms with Crippen LogP contribution in [0.2, 0.25) is 3.67 Å². The van der Waals surface area contributed by atoms with E-state index in [2.05, 4.69) is 19.6 Å². The third-order valence-electron chi connectivity index (χ3n) is 2.96. The zero-order chi connectivity index (χ0) is 13.2. The van der Waals surface area contributed by atoms with Crippen LogP contribution in [-0.4, -0.2) is 27.9 Å². The summed E-state index contributed by atoms with van der Waals surface area (Å²) in [4.78, 5) is 0. The van der Waals surface area contributed by atoms with Crippen LogP contribution in [0.25, 0.3) is 0 Å². The van der Waals surface area contributed by atoms with Crippen LogP contribution in [0.15, 0.2) is 0 Å². The molecule has 0 saturated heterocycles. The van der Waals surface area contributed by atoms with Gasteiger partial charge in [0.25, 0.3) is 0 Å². The molecule has 0 amide bonds. The Hall–Kier alpha value is 0.840. The first-order valence-corrected chi connectivity index (χ1v) is 9.22. The molecule has 0 unspecified atom stereocenters.